The van der Waals surface area contributed by atoms with Crippen LogP contribution in [0.5, 0.6) is 5.75 Å². The van der Waals surface area contributed by atoms with Gasteiger partial charge in [0.25, 0.3) is 6.43 Å². The summed E-state index contributed by atoms with van der Waals surface area (Å²) in [6.07, 6.45) is -2.88. The van der Waals surface area contributed by atoms with Gasteiger partial charge >= 0.3 is 0 Å². The largest absolute Gasteiger partial charge is 0.495 e. The second-order valence-corrected chi connectivity index (χ2v) is 8.62. The van der Waals surface area contributed by atoms with Crippen LogP contribution in [-0.4, -0.2) is 35.9 Å². The predicted octanol–water partition coefficient (Wildman–Crippen LogP) is 5.37. The lowest BCUT2D eigenvalue weighted by Gasteiger charge is -2.46. The van der Waals surface area contributed by atoms with Gasteiger partial charge in [-0.05, 0) is 32.9 Å². The van der Waals surface area contributed by atoms with Crippen LogP contribution in [0.3, 0.4) is 0 Å². The van der Waals surface area contributed by atoms with Gasteiger partial charge in [-0.1, -0.05) is 18.2 Å². The average molecular weight is 445 g/mol. The number of anilines is 2. The number of halogens is 3. The molecule has 8 heteroatoms. The molecule has 0 spiro atoms. The van der Waals surface area contributed by atoms with Gasteiger partial charge in [-0.25, -0.2) is 13.2 Å². The number of hydrogen-bond acceptors (Lipinski definition) is 5. The van der Waals surface area contributed by atoms with Crippen LogP contribution < -0.4 is 15.0 Å². The second-order valence-electron chi connectivity index (χ2n) is 8.62. The van der Waals surface area contributed by atoms with Crippen LogP contribution in [0.15, 0.2) is 36.4 Å². The number of hydrogen-bond donors (Lipinski definition) is 2. The Morgan fingerprint density at radius 1 is 1.19 bits per heavy atom. The van der Waals surface area contributed by atoms with Crippen LogP contribution in [0.1, 0.15) is 43.1 Å². The number of β-amino-alcohol motifs (C(OH)–C–C–N with tert-alkyl or cyclic N) is 1. The Labute approximate surface area is 184 Å². The minimum Gasteiger partial charge on any atom is -0.495 e. The van der Waals surface area contributed by atoms with Gasteiger partial charge in [0, 0.05) is 41.5 Å². The highest BCUT2D eigenvalue weighted by molar-refractivity contribution is 5.96. The second kappa shape index (κ2) is 8.16. The predicted molar refractivity (Wildman–Crippen MR) is 119 cm³/mol. The first-order valence-corrected chi connectivity index (χ1v) is 10.4. The fourth-order valence-corrected chi connectivity index (χ4v) is 4.23. The van der Waals surface area contributed by atoms with E-state index in [1.165, 1.54) is 12.1 Å². The molecule has 1 aliphatic rings. The molecule has 32 heavy (non-hydrogen) atoms. The number of benzene rings is 2. The van der Waals surface area contributed by atoms with Crippen molar-refractivity contribution in [2.24, 2.45) is 0 Å². The van der Waals surface area contributed by atoms with Crippen molar-refractivity contribution < 1.29 is 23.0 Å². The van der Waals surface area contributed by atoms with Gasteiger partial charge < -0.3 is 20.1 Å². The fraction of sp³-hybridized carbons (Fsp3) is 0.375. The van der Waals surface area contributed by atoms with Crippen LogP contribution >= 0.6 is 0 Å². The van der Waals surface area contributed by atoms with E-state index in [2.05, 4.69) is 10.3 Å². The Kier molecular flexibility index (Phi) is 5.67. The number of aliphatic hydroxyl groups is 1. The highest BCUT2D eigenvalue weighted by Gasteiger charge is 2.38. The monoisotopic (exact) mass is 445 g/mol. The minimum atomic E-state index is -2.88. The summed E-state index contributed by atoms with van der Waals surface area (Å²) in [6, 6.07) is 9.08. The summed E-state index contributed by atoms with van der Waals surface area (Å²) in [5.74, 6) is -0.261. The average Bonchev–Trinajstić information content (AvgIpc) is 2.70. The standard InChI is InChI=1S/C24H26F3N3O2/c1-13-8-18(29-14(2)15-6-5-7-16(22(15)25)23(26)27)17-9-20(30-11-24(3,31)12-30)21(32-4)10-19(17)28-13/h5-10,14,23,31H,11-12H2,1-4H3,(H,28,29)/t14-/m1/s1. The molecule has 0 saturated carbocycles. The van der Waals surface area contributed by atoms with Crippen molar-refractivity contribution in [2.75, 3.05) is 30.4 Å². The lowest BCUT2D eigenvalue weighted by Crippen LogP contribution is -2.60. The molecule has 2 aromatic carbocycles. The maximum absolute atomic E-state index is 14.7. The zero-order valence-corrected chi connectivity index (χ0v) is 18.4. The van der Waals surface area contributed by atoms with E-state index in [0.717, 1.165) is 22.8 Å². The van der Waals surface area contributed by atoms with Crippen LogP contribution in [-0.2, 0) is 0 Å². The molecule has 0 bridgehead atoms. The van der Waals surface area contributed by atoms with Crippen LogP contribution in [0, 0.1) is 12.7 Å². The maximum Gasteiger partial charge on any atom is 0.266 e. The van der Waals surface area contributed by atoms with Gasteiger partial charge in [0.15, 0.2) is 0 Å². The number of nitrogens with one attached hydrogen (secondary N) is 1. The van der Waals surface area contributed by atoms with E-state index in [1.807, 2.05) is 30.0 Å². The van der Waals surface area contributed by atoms with E-state index >= 15 is 0 Å². The number of alkyl halides is 2. The summed E-state index contributed by atoms with van der Waals surface area (Å²) >= 11 is 0. The molecule has 1 saturated heterocycles. The van der Waals surface area contributed by atoms with Gasteiger partial charge in [0.1, 0.15) is 11.6 Å². The molecule has 2 N–H and O–H groups in total. The van der Waals surface area contributed by atoms with E-state index in [4.69, 9.17) is 4.74 Å². The first-order chi connectivity index (χ1) is 15.1. The quantitative estimate of drug-likeness (QED) is 0.534. The SMILES string of the molecule is COc1cc2nc(C)cc(N[C@H](C)c3cccc(C(F)F)c3F)c2cc1N1CC(C)(O)C1. The topological polar surface area (TPSA) is 57.6 Å². The van der Waals surface area contributed by atoms with Crippen molar-refractivity contribution >= 4 is 22.3 Å². The number of ether oxygens (including phenoxy) is 1. The number of aromatic nitrogens is 1. The molecule has 0 radical (unpaired) electrons. The van der Waals surface area contributed by atoms with Crippen molar-refractivity contribution in [2.45, 2.75) is 38.8 Å². The van der Waals surface area contributed by atoms with Gasteiger partial charge in [0.2, 0.25) is 0 Å². The van der Waals surface area contributed by atoms with E-state index in [-0.39, 0.29) is 5.56 Å². The molecule has 2 heterocycles. The highest BCUT2D eigenvalue weighted by atomic mass is 19.3. The van der Waals surface area contributed by atoms with Crippen LogP contribution in [0.25, 0.3) is 10.9 Å². The van der Waals surface area contributed by atoms with E-state index in [9.17, 15) is 18.3 Å². The Hall–Kier alpha value is -3.00. The van der Waals surface area contributed by atoms with E-state index in [1.54, 1.807) is 21.0 Å². The number of pyridine rings is 1. The van der Waals surface area contributed by atoms with Crippen LogP contribution in [0.2, 0.25) is 0 Å². The Bertz CT molecular complexity index is 1160. The first-order valence-electron chi connectivity index (χ1n) is 10.4. The third-order valence-electron chi connectivity index (χ3n) is 5.77. The van der Waals surface area contributed by atoms with Crippen LogP contribution in [0.4, 0.5) is 24.5 Å². The first kappa shape index (κ1) is 22.2. The number of methoxy groups -OCH3 is 1. The molecule has 1 aromatic heterocycles. The Morgan fingerprint density at radius 3 is 2.50 bits per heavy atom. The van der Waals surface area contributed by atoms with Crippen molar-refractivity contribution in [3.8, 4) is 5.75 Å². The summed E-state index contributed by atoms with van der Waals surface area (Å²) in [5.41, 5.74) is 1.76. The number of aryl methyl sites for hydroxylation is 1. The lowest BCUT2D eigenvalue weighted by atomic mass is 9.95. The molecule has 0 unspecified atom stereocenters. The summed E-state index contributed by atoms with van der Waals surface area (Å²) in [7, 11) is 1.58. The zero-order valence-electron chi connectivity index (χ0n) is 18.4. The third-order valence-corrected chi connectivity index (χ3v) is 5.77. The molecular weight excluding hydrogens is 419 g/mol. The summed E-state index contributed by atoms with van der Waals surface area (Å²) in [6.45, 7) is 6.29. The normalized spacial score (nSPS) is 16.2. The highest BCUT2D eigenvalue weighted by Crippen LogP contribution is 2.40. The van der Waals surface area contributed by atoms with E-state index < -0.39 is 29.4 Å². The van der Waals surface area contributed by atoms with Gasteiger partial charge in [0.05, 0.1) is 35.5 Å². The number of nitrogens with zero attached hydrogens (tertiary/aromatic N) is 2. The molecule has 1 aliphatic heterocycles. The molecule has 4 rings (SSSR count). The molecule has 0 amide bonds. The third kappa shape index (κ3) is 4.07. The van der Waals surface area contributed by atoms with Gasteiger partial charge in [-0.15, -0.1) is 0 Å². The van der Waals surface area contributed by atoms with Crippen molar-refractivity contribution in [1.82, 2.24) is 4.98 Å². The lowest BCUT2D eigenvalue weighted by molar-refractivity contribution is 0.0308. The molecule has 170 valence electrons. The Morgan fingerprint density at radius 2 is 1.88 bits per heavy atom. The smallest absolute Gasteiger partial charge is 0.266 e. The summed E-state index contributed by atoms with van der Waals surface area (Å²) < 4.78 is 46.5. The van der Waals surface area contributed by atoms with Gasteiger partial charge in [-0.2, -0.15) is 0 Å². The fourth-order valence-electron chi connectivity index (χ4n) is 4.23. The van der Waals surface area contributed by atoms with Crippen molar-refractivity contribution in [1.29, 1.82) is 0 Å². The molecular formula is C24H26F3N3O2. The number of rotatable bonds is 6. The molecule has 0 aliphatic carbocycles. The summed E-state index contributed by atoms with van der Waals surface area (Å²) in [4.78, 5) is 6.60. The van der Waals surface area contributed by atoms with Crippen molar-refractivity contribution in [3.05, 3.63) is 59.0 Å². The Balaban J connectivity index is 1.75. The minimum absolute atomic E-state index is 0.165. The van der Waals surface area contributed by atoms with E-state index in [0.29, 0.717) is 30.0 Å². The zero-order chi connectivity index (χ0) is 23.2. The number of fused-ring (bicyclic) bond motifs is 1. The summed E-state index contributed by atoms with van der Waals surface area (Å²) in [5, 5.41) is 14.2. The molecule has 1 fully saturated rings. The van der Waals surface area contributed by atoms with Gasteiger partial charge in [-0.3, -0.25) is 4.98 Å². The maximum atomic E-state index is 14.7. The van der Waals surface area contributed by atoms with Crippen molar-refractivity contribution in [3.63, 3.8) is 0 Å². The molecule has 3 aromatic rings. The molecule has 1 atom stereocenters. The molecule has 5 nitrogen and oxygen atoms in total.